The Balaban J connectivity index is 2.80. The van der Waals surface area contributed by atoms with Gasteiger partial charge in [0.25, 0.3) is 5.91 Å². The highest BCUT2D eigenvalue weighted by Crippen LogP contribution is 2.10. The Morgan fingerprint density at radius 2 is 2.17 bits per heavy atom. The van der Waals surface area contributed by atoms with E-state index in [1.165, 1.54) is 0 Å². The number of hydrogen-bond acceptors (Lipinski definition) is 2. The molecule has 1 rings (SSSR count). The fraction of sp³-hybridized carbons (Fsp3) is 0.400. The molecule has 3 nitrogen and oxygen atoms in total. The summed E-state index contributed by atoms with van der Waals surface area (Å²) < 4.78 is 0. The van der Waals surface area contributed by atoms with E-state index < -0.39 is 0 Å². The van der Waals surface area contributed by atoms with E-state index in [1.807, 2.05) is 19.1 Å². The molecule has 1 amide bonds. The average molecular weight is 244 g/mol. The molecule has 0 atom stereocenters. The van der Waals surface area contributed by atoms with Crippen LogP contribution in [0.2, 0.25) is 0 Å². The molecular formula is C15H20N2O. The lowest BCUT2D eigenvalue weighted by Crippen LogP contribution is -2.27. The van der Waals surface area contributed by atoms with E-state index in [4.69, 9.17) is 5.73 Å². The van der Waals surface area contributed by atoms with Gasteiger partial charge < -0.3 is 11.1 Å². The molecule has 3 heteroatoms. The number of amides is 1. The fourth-order valence-corrected chi connectivity index (χ4v) is 1.49. The third kappa shape index (κ3) is 4.23. The highest BCUT2D eigenvalue weighted by Gasteiger charge is 2.07. The first-order chi connectivity index (χ1) is 8.54. The largest absolute Gasteiger partial charge is 0.352 e. The van der Waals surface area contributed by atoms with E-state index in [0.29, 0.717) is 24.6 Å². The van der Waals surface area contributed by atoms with Gasteiger partial charge in [0.2, 0.25) is 0 Å². The van der Waals surface area contributed by atoms with Crippen LogP contribution < -0.4 is 11.1 Å². The van der Waals surface area contributed by atoms with E-state index in [1.54, 1.807) is 6.07 Å². The second kappa shape index (κ2) is 6.83. The molecule has 0 aliphatic heterocycles. The van der Waals surface area contributed by atoms with E-state index >= 15 is 0 Å². The van der Waals surface area contributed by atoms with Crippen LogP contribution in [0.25, 0.3) is 0 Å². The molecule has 96 valence electrons. The second-order valence-corrected chi connectivity index (χ2v) is 4.64. The molecule has 0 heterocycles. The Morgan fingerprint density at radius 3 is 2.72 bits per heavy atom. The monoisotopic (exact) mass is 244 g/mol. The molecule has 0 fully saturated rings. The van der Waals surface area contributed by atoms with E-state index in [-0.39, 0.29) is 5.91 Å². The molecule has 0 bridgehead atoms. The van der Waals surface area contributed by atoms with Crippen LogP contribution in [0.5, 0.6) is 0 Å². The molecule has 3 N–H and O–H groups in total. The molecule has 0 unspecified atom stereocenters. The number of aryl methyl sites for hydroxylation is 1. The van der Waals surface area contributed by atoms with Crippen molar-refractivity contribution < 1.29 is 4.79 Å². The normalized spacial score (nSPS) is 9.83. The SMILES string of the molecule is Cc1cc(C(=O)NCC(C)C)ccc1C#CCN. The van der Waals surface area contributed by atoms with Gasteiger partial charge in [0.1, 0.15) is 0 Å². The van der Waals surface area contributed by atoms with Crippen molar-refractivity contribution >= 4 is 5.91 Å². The van der Waals surface area contributed by atoms with Gasteiger partial charge in [0.15, 0.2) is 0 Å². The van der Waals surface area contributed by atoms with Crippen molar-refractivity contribution in [3.63, 3.8) is 0 Å². The molecule has 0 saturated carbocycles. The molecule has 0 radical (unpaired) electrons. The van der Waals surface area contributed by atoms with Crippen molar-refractivity contribution in [1.29, 1.82) is 0 Å². The van der Waals surface area contributed by atoms with Crippen LogP contribution in [0.1, 0.15) is 35.3 Å². The topological polar surface area (TPSA) is 55.1 Å². The first-order valence-corrected chi connectivity index (χ1v) is 6.12. The van der Waals surface area contributed by atoms with Crippen molar-refractivity contribution in [3.8, 4) is 11.8 Å². The molecule has 0 spiro atoms. The minimum Gasteiger partial charge on any atom is -0.352 e. The summed E-state index contributed by atoms with van der Waals surface area (Å²) in [5.41, 5.74) is 7.92. The van der Waals surface area contributed by atoms with Gasteiger partial charge >= 0.3 is 0 Å². The number of hydrogen-bond donors (Lipinski definition) is 2. The van der Waals surface area contributed by atoms with Crippen molar-refractivity contribution in [2.45, 2.75) is 20.8 Å². The number of nitrogens with one attached hydrogen (secondary N) is 1. The summed E-state index contributed by atoms with van der Waals surface area (Å²) in [6, 6.07) is 5.52. The van der Waals surface area contributed by atoms with Crippen molar-refractivity contribution in [2.24, 2.45) is 11.7 Å². The van der Waals surface area contributed by atoms with Crippen molar-refractivity contribution in [1.82, 2.24) is 5.32 Å². The summed E-state index contributed by atoms with van der Waals surface area (Å²) in [4.78, 5) is 11.9. The summed E-state index contributed by atoms with van der Waals surface area (Å²) in [6.07, 6.45) is 0. The average Bonchev–Trinajstić information content (AvgIpc) is 2.34. The zero-order valence-corrected chi connectivity index (χ0v) is 11.2. The number of benzene rings is 1. The summed E-state index contributed by atoms with van der Waals surface area (Å²) in [7, 11) is 0. The predicted octanol–water partition coefficient (Wildman–Crippen LogP) is 1.69. The van der Waals surface area contributed by atoms with Gasteiger partial charge in [-0.2, -0.15) is 0 Å². The maximum atomic E-state index is 11.9. The highest BCUT2D eigenvalue weighted by atomic mass is 16.1. The fourth-order valence-electron chi connectivity index (χ4n) is 1.49. The van der Waals surface area contributed by atoms with Crippen LogP contribution in [0, 0.1) is 24.7 Å². The Labute approximate surface area is 109 Å². The molecule has 18 heavy (non-hydrogen) atoms. The molecule has 1 aromatic carbocycles. The van der Waals surface area contributed by atoms with Gasteiger partial charge in [-0.15, -0.1) is 0 Å². The lowest BCUT2D eigenvalue weighted by Gasteiger charge is -2.08. The molecule has 0 aliphatic rings. The number of nitrogens with two attached hydrogens (primary N) is 1. The number of carbonyl (C=O) groups is 1. The van der Waals surface area contributed by atoms with Crippen LogP contribution in [0.4, 0.5) is 0 Å². The summed E-state index contributed by atoms with van der Waals surface area (Å²) in [5, 5.41) is 2.89. The smallest absolute Gasteiger partial charge is 0.251 e. The quantitative estimate of drug-likeness (QED) is 0.795. The standard InChI is InChI=1S/C15H20N2O/c1-11(2)10-17-15(18)14-7-6-13(5-4-8-16)12(3)9-14/h6-7,9,11H,8,10,16H2,1-3H3,(H,17,18). The van der Waals surface area contributed by atoms with Crippen LogP contribution in [-0.4, -0.2) is 19.0 Å². The molecule has 1 aromatic rings. The molecule has 0 aliphatic carbocycles. The van der Waals surface area contributed by atoms with Gasteiger partial charge in [-0.25, -0.2) is 0 Å². The van der Waals surface area contributed by atoms with E-state index in [9.17, 15) is 4.79 Å². The molecular weight excluding hydrogens is 224 g/mol. The number of rotatable bonds is 3. The van der Waals surface area contributed by atoms with Crippen LogP contribution in [0.15, 0.2) is 18.2 Å². The minimum absolute atomic E-state index is 0.0369. The maximum absolute atomic E-state index is 11.9. The van der Waals surface area contributed by atoms with Crippen molar-refractivity contribution in [2.75, 3.05) is 13.1 Å². The van der Waals surface area contributed by atoms with Gasteiger partial charge in [-0.05, 0) is 36.6 Å². The van der Waals surface area contributed by atoms with Gasteiger partial charge in [-0.1, -0.05) is 25.7 Å². The van der Waals surface area contributed by atoms with Gasteiger partial charge in [0, 0.05) is 17.7 Å². The van der Waals surface area contributed by atoms with Gasteiger partial charge in [0.05, 0.1) is 6.54 Å². The van der Waals surface area contributed by atoms with Crippen LogP contribution in [-0.2, 0) is 0 Å². The maximum Gasteiger partial charge on any atom is 0.251 e. The summed E-state index contributed by atoms with van der Waals surface area (Å²) in [5.74, 6) is 6.21. The predicted molar refractivity (Wildman–Crippen MR) is 74.3 cm³/mol. The van der Waals surface area contributed by atoms with E-state index in [2.05, 4.69) is 31.0 Å². The Morgan fingerprint density at radius 1 is 1.44 bits per heavy atom. The lowest BCUT2D eigenvalue weighted by atomic mass is 10.0. The number of carbonyl (C=O) groups excluding carboxylic acids is 1. The Kier molecular flexibility index (Phi) is 5.41. The first-order valence-electron chi connectivity index (χ1n) is 6.12. The zero-order valence-electron chi connectivity index (χ0n) is 11.2. The lowest BCUT2D eigenvalue weighted by molar-refractivity contribution is 0.0949. The Bertz CT molecular complexity index is 481. The highest BCUT2D eigenvalue weighted by molar-refractivity contribution is 5.94. The third-order valence-corrected chi connectivity index (χ3v) is 2.48. The zero-order chi connectivity index (χ0) is 13.5. The Hall–Kier alpha value is -1.79. The van der Waals surface area contributed by atoms with E-state index in [0.717, 1.165) is 11.1 Å². The first kappa shape index (κ1) is 14.3. The minimum atomic E-state index is -0.0369. The van der Waals surface area contributed by atoms with Crippen LogP contribution >= 0.6 is 0 Å². The van der Waals surface area contributed by atoms with Crippen molar-refractivity contribution in [3.05, 3.63) is 34.9 Å². The molecule has 0 saturated heterocycles. The summed E-state index contributed by atoms with van der Waals surface area (Å²) >= 11 is 0. The van der Waals surface area contributed by atoms with Crippen LogP contribution in [0.3, 0.4) is 0 Å². The second-order valence-electron chi connectivity index (χ2n) is 4.64. The van der Waals surface area contributed by atoms with Gasteiger partial charge in [-0.3, -0.25) is 4.79 Å². The summed E-state index contributed by atoms with van der Waals surface area (Å²) in [6.45, 7) is 7.11. The third-order valence-electron chi connectivity index (χ3n) is 2.48. The molecule has 0 aromatic heterocycles.